The SMILES string of the molecule is COc1ccc(CN(CC(=O)c2c(N)n(C)c(=O)n(C)c2=O)[C@@H](C)Cc2cccs2)cc1. The molecule has 0 fully saturated rings. The molecule has 8 nitrogen and oxygen atoms in total. The summed E-state index contributed by atoms with van der Waals surface area (Å²) in [6.07, 6.45) is 0.766. The quantitative estimate of drug-likeness (QED) is 0.495. The van der Waals surface area contributed by atoms with Crippen LogP contribution in [0, 0.1) is 0 Å². The molecule has 3 aromatic rings. The molecule has 0 saturated carbocycles. The highest BCUT2D eigenvalue weighted by atomic mass is 32.1. The molecule has 9 heteroatoms. The van der Waals surface area contributed by atoms with Gasteiger partial charge < -0.3 is 10.5 Å². The first-order valence-electron chi connectivity index (χ1n) is 10.2. The van der Waals surface area contributed by atoms with Crippen LogP contribution in [0.4, 0.5) is 5.82 Å². The zero-order chi connectivity index (χ0) is 23.4. The number of carbonyl (C=O) groups is 1. The predicted octanol–water partition coefficient (Wildman–Crippen LogP) is 2.05. The number of hydrogen-bond donors (Lipinski definition) is 1. The molecule has 2 N–H and O–H groups in total. The summed E-state index contributed by atoms with van der Waals surface area (Å²) in [6, 6.07) is 11.7. The normalized spacial score (nSPS) is 12.2. The molecule has 0 radical (unpaired) electrons. The first-order valence-corrected chi connectivity index (χ1v) is 11.1. The smallest absolute Gasteiger partial charge is 0.332 e. The van der Waals surface area contributed by atoms with E-state index in [1.165, 1.54) is 19.0 Å². The minimum Gasteiger partial charge on any atom is -0.497 e. The lowest BCUT2D eigenvalue weighted by atomic mass is 10.1. The van der Waals surface area contributed by atoms with Crippen molar-refractivity contribution in [2.75, 3.05) is 19.4 Å². The van der Waals surface area contributed by atoms with E-state index in [1.807, 2.05) is 40.6 Å². The molecule has 1 aromatic carbocycles. The number of rotatable bonds is 9. The van der Waals surface area contributed by atoms with E-state index in [-0.39, 0.29) is 24.0 Å². The van der Waals surface area contributed by atoms with Crippen LogP contribution in [0.15, 0.2) is 51.4 Å². The van der Waals surface area contributed by atoms with Crippen molar-refractivity contribution in [1.82, 2.24) is 14.0 Å². The second kappa shape index (κ2) is 9.97. The van der Waals surface area contributed by atoms with Crippen molar-refractivity contribution in [2.45, 2.75) is 25.9 Å². The summed E-state index contributed by atoms with van der Waals surface area (Å²) in [5, 5.41) is 2.02. The van der Waals surface area contributed by atoms with Crippen LogP contribution >= 0.6 is 11.3 Å². The van der Waals surface area contributed by atoms with Crippen molar-refractivity contribution < 1.29 is 9.53 Å². The molecule has 1 atom stereocenters. The van der Waals surface area contributed by atoms with Crippen LogP contribution in [-0.2, 0) is 27.1 Å². The number of benzene rings is 1. The van der Waals surface area contributed by atoms with Crippen LogP contribution < -0.4 is 21.7 Å². The molecule has 0 aliphatic heterocycles. The monoisotopic (exact) mass is 456 g/mol. The molecular formula is C23H28N4O4S. The fourth-order valence-corrected chi connectivity index (χ4v) is 4.39. The summed E-state index contributed by atoms with van der Waals surface area (Å²) in [7, 11) is 4.40. The topological polar surface area (TPSA) is 99.6 Å². The molecule has 2 heterocycles. The fourth-order valence-electron chi connectivity index (χ4n) is 3.57. The first-order chi connectivity index (χ1) is 15.2. The second-order valence-electron chi connectivity index (χ2n) is 7.77. The van der Waals surface area contributed by atoms with Crippen LogP contribution in [-0.4, -0.2) is 39.5 Å². The van der Waals surface area contributed by atoms with Gasteiger partial charge in [0.15, 0.2) is 5.78 Å². The number of ether oxygens (including phenoxy) is 1. The van der Waals surface area contributed by atoms with E-state index in [4.69, 9.17) is 10.5 Å². The van der Waals surface area contributed by atoms with Gasteiger partial charge in [0, 0.05) is 31.6 Å². The third kappa shape index (κ3) is 5.00. The van der Waals surface area contributed by atoms with Gasteiger partial charge in [0.05, 0.1) is 13.7 Å². The predicted molar refractivity (Wildman–Crippen MR) is 127 cm³/mol. The Morgan fingerprint density at radius 2 is 1.84 bits per heavy atom. The number of carbonyl (C=O) groups excluding carboxylic acids is 1. The molecule has 170 valence electrons. The third-order valence-electron chi connectivity index (χ3n) is 5.58. The minimum absolute atomic E-state index is 0.00376. The van der Waals surface area contributed by atoms with Crippen molar-refractivity contribution in [3.05, 3.63) is 78.6 Å². The molecule has 2 aromatic heterocycles. The van der Waals surface area contributed by atoms with Crippen molar-refractivity contribution in [3.8, 4) is 5.75 Å². The number of nitrogens with two attached hydrogens (primary N) is 1. The number of methoxy groups -OCH3 is 1. The van der Waals surface area contributed by atoms with Crippen molar-refractivity contribution in [2.24, 2.45) is 14.1 Å². The van der Waals surface area contributed by atoms with E-state index in [0.29, 0.717) is 6.54 Å². The number of anilines is 1. The van der Waals surface area contributed by atoms with Gasteiger partial charge >= 0.3 is 5.69 Å². The highest BCUT2D eigenvalue weighted by Gasteiger charge is 2.25. The number of nitrogen functional groups attached to an aromatic ring is 1. The Balaban J connectivity index is 1.91. The van der Waals surface area contributed by atoms with Crippen LogP contribution in [0.2, 0.25) is 0 Å². The van der Waals surface area contributed by atoms with Crippen LogP contribution in [0.5, 0.6) is 5.75 Å². The van der Waals surface area contributed by atoms with E-state index in [0.717, 1.165) is 26.9 Å². The number of thiophene rings is 1. The van der Waals surface area contributed by atoms with Gasteiger partial charge in [-0.25, -0.2) is 4.79 Å². The van der Waals surface area contributed by atoms with Gasteiger partial charge in [-0.05, 0) is 42.5 Å². The van der Waals surface area contributed by atoms with Gasteiger partial charge in [0.25, 0.3) is 5.56 Å². The summed E-state index contributed by atoms with van der Waals surface area (Å²) < 4.78 is 7.26. The summed E-state index contributed by atoms with van der Waals surface area (Å²) >= 11 is 1.67. The fraction of sp³-hybridized carbons (Fsp3) is 0.348. The van der Waals surface area contributed by atoms with E-state index < -0.39 is 17.0 Å². The van der Waals surface area contributed by atoms with Gasteiger partial charge in [-0.1, -0.05) is 18.2 Å². The summed E-state index contributed by atoms with van der Waals surface area (Å²) in [4.78, 5) is 41.2. The number of Topliss-reactive ketones (excluding diaryl/α,β-unsaturated/α-hetero) is 1. The molecule has 0 bridgehead atoms. The minimum atomic E-state index is -0.675. The molecule has 0 unspecified atom stereocenters. The Kier molecular flexibility index (Phi) is 7.32. The van der Waals surface area contributed by atoms with E-state index in [1.54, 1.807) is 18.4 Å². The molecule has 32 heavy (non-hydrogen) atoms. The number of aromatic nitrogens is 2. The molecule has 0 amide bonds. The van der Waals surface area contributed by atoms with Crippen LogP contribution in [0.1, 0.15) is 27.7 Å². The Hall–Kier alpha value is -3.17. The summed E-state index contributed by atoms with van der Waals surface area (Å²) in [5.74, 6) is 0.230. The third-order valence-corrected chi connectivity index (χ3v) is 6.48. The standard InChI is InChI=1S/C23H28N4O4S/c1-15(12-18-6-5-11-32-18)27(13-16-7-9-17(31-4)10-8-16)14-19(28)20-21(24)25(2)23(30)26(3)22(20)29/h5-11,15H,12-14,24H2,1-4H3/t15-/m0/s1. The second-order valence-corrected chi connectivity index (χ2v) is 8.81. The molecular weight excluding hydrogens is 428 g/mol. The van der Waals surface area contributed by atoms with Gasteiger partial charge in [-0.2, -0.15) is 0 Å². The van der Waals surface area contributed by atoms with E-state index in [9.17, 15) is 14.4 Å². The van der Waals surface area contributed by atoms with E-state index in [2.05, 4.69) is 13.0 Å². The van der Waals surface area contributed by atoms with Crippen LogP contribution in [0.25, 0.3) is 0 Å². The Morgan fingerprint density at radius 1 is 1.16 bits per heavy atom. The van der Waals surface area contributed by atoms with Gasteiger partial charge in [0.1, 0.15) is 17.1 Å². The maximum Gasteiger partial charge on any atom is 0.332 e. The zero-order valence-electron chi connectivity index (χ0n) is 18.7. The molecule has 0 aliphatic carbocycles. The number of hydrogen-bond acceptors (Lipinski definition) is 7. The summed E-state index contributed by atoms with van der Waals surface area (Å²) in [6.45, 7) is 2.56. The lowest BCUT2D eigenvalue weighted by molar-refractivity contribution is 0.0887. The Bertz CT molecular complexity index is 1200. The van der Waals surface area contributed by atoms with Gasteiger partial charge in [-0.3, -0.25) is 23.6 Å². The highest BCUT2D eigenvalue weighted by molar-refractivity contribution is 7.09. The molecule has 0 aliphatic rings. The lowest BCUT2D eigenvalue weighted by Gasteiger charge is -2.28. The molecule has 0 saturated heterocycles. The van der Waals surface area contributed by atoms with Crippen molar-refractivity contribution in [1.29, 1.82) is 0 Å². The number of ketones is 1. The lowest BCUT2D eigenvalue weighted by Crippen LogP contribution is -2.44. The van der Waals surface area contributed by atoms with Crippen molar-refractivity contribution in [3.63, 3.8) is 0 Å². The number of nitrogens with zero attached hydrogens (tertiary/aromatic N) is 3. The Labute approximate surface area is 190 Å². The maximum atomic E-state index is 13.2. The molecule has 3 rings (SSSR count). The van der Waals surface area contributed by atoms with Crippen molar-refractivity contribution >= 4 is 22.9 Å². The zero-order valence-corrected chi connectivity index (χ0v) is 19.5. The van der Waals surface area contributed by atoms with Gasteiger partial charge in [-0.15, -0.1) is 11.3 Å². The molecule has 0 spiro atoms. The largest absolute Gasteiger partial charge is 0.497 e. The average Bonchev–Trinajstić information content (AvgIpc) is 3.29. The van der Waals surface area contributed by atoms with E-state index >= 15 is 0 Å². The highest BCUT2D eigenvalue weighted by Crippen LogP contribution is 2.19. The average molecular weight is 457 g/mol. The Morgan fingerprint density at radius 3 is 2.44 bits per heavy atom. The maximum absolute atomic E-state index is 13.2. The first kappa shape index (κ1) is 23.5. The van der Waals surface area contributed by atoms with Crippen LogP contribution in [0.3, 0.4) is 0 Å². The van der Waals surface area contributed by atoms with Gasteiger partial charge in [0.2, 0.25) is 0 Å². The summed E-state index contributed by atoms with van der Waals surface area (Å²) in [5.41, 5.74) is 5.62.